The first-order chi connectivity index (χ1) is 12.6. The highest BCUT2D eigenvalue weighted by Crippen LogP contribution is 2.22. The van der Waals surface area contributed by atoms with E-state index in [1.807, 2.05) is 42.5 Å². The summed E-state index contributed by atoms with van der Waals surface area (Å²) in [5.41, 5.74) is 3.68. The lowest BCUT2D eigenvalue weighted by atomic mass is 10.1. The first kappa shape index (κ1) is 17.4. The van der Waals surface area contributed by atoms with E-state index >= 15 is 0 Å². The topological polar surface area (TPSA) is 78.1 Å². The number of nitrogens with one attached hydrogen (secondary N) is 2. The van der Waals surface area contributed by atoms with E-state index in [1.54, 1.807) is 26.2 Å². The van der Waals surface area contributed by atoms with Gasteiger partial charge in [0.2, 0.25) is 0 Å². The minimum atomic E-state index is -0.109. The molecule has 0 saturated carbocycles. The highest BCUT2D eigenvalue weighted by molar-refractivity contribution is 5.99. The average molecular weight is 348 g/mol. The van der Waals surface area contributed by atoms with Gasteiger partial charge in [0.15, 0.2) is 0 Å². The standard InChI is InChI=1S/C20H20N4O2/c1-24(2)20(26)17-13-22-23-18(17)15-10-8-14(9-11-15)12-21-19(25)16-6-4-3-5-7-16/h3-11,13H,12H2,1-2H3,(H,21,25)(H,22,23). The summed E-state index contributed by atoms with van der Waals surface area (Å²) in [6.45, 7) is 0.431. The number of H-pyrrole nitrogens is 1. The van der Waals surface area contributed by atoms with E-state index in [0.29, 0.717) is 23.4 Å². The summed E-state index contributed by atoms with van der Waals surface area (Å²) in [6, 6.07) is 16.8. The molecule has 2 aromatic carbocycles. The molecule has 6 heteroatoms. The van der Waals surface area contributed by atoms with Crippen LogP contribution in [0, 0.1) is 0 Å². The Kier molecular flexibility index (Phi) is 5.12. The Morgan fingerprint density at radius 3 is 2.38 bits per heavy atom. The molecule has 3 rings (SSSR count). The van der Waals surface area contributed by atoms with Gasteiger partial charge in [0.25, 0.3) is 11.8 Å². The zero-order valence-electron chi connectivity index (χ0n) is 14.7. The molecule has 0 aliphatic heterocycles. The molecule has 0 aliphatic carbocycles. The SMILES string of the molecule is CN(C)C(=O)c1cn[nH]c1-c1ccc(CNC(=O)c2ccccc2)cc1. The van der Waals surface area contributed by atoms with Gasteiger partial charge in [-0.3, -0.25) is 14.7 Å². The number of carbonyl (C=O) groups is 2. The Morgan fingerprint density at radius 1 is 1.04 bits per heavy atom. The second-order valence-corrected chi connectivity index (χ2v) is 6.10. The molecule has 0 fully saturated rings. The molecular formula is C20H20N4O2. The zero-order valence-corrected chi connectivity index (χ0v) is 14.7. The van der Waals surface area contributed by atoms with Crippen LogP contribution in [0.25, 0.3) is 11.3 Å². The Balaban J connectivity index is 1.69. The average Bonchev–Trinajstić information content (AvgIpc) is 3.16. The van der Waals surface area contributed by atoms with Gasteiger partial charge in [-0.25, -0.2) is 0 Å². The van der Waals surface area contributed by atoms with E-state index in [0.717, 1.165) is 11.1 Å². The Hall–Kier alpha value is -3.41. The third-order valence-corrected chi connectivity index (χ3v) is 4.01. The fourth-order valence-electron chi connectivity index (χ4n) is 2.57. The number of amides is 2. The maximum atomic E-state index is 12.2. The van der Waals surface area contributed by atoms with E-state index < -0.39 is 0 Å². The maximum absolute atomic E-state index is 12.2. The highest BCUT2D eigenvalue weighted by atomic mass is 16.2. The molecule has 0 unspecified atom stereocenters. The number of hydrogen-bond acceptors (Lipinski definition) is 3. The third kappa shape index (κ3) is 3.80. The minimum Gasteiger partial charge on any atom is -0.348 e. The summed E-state index contributed by atoms with van der Waals surface area (Å²) in [5, 5.41) is 9.76. The predicted molar refractivity (Wildman–Crippen MR) is 99.7 cm³/mol. The number of aromatic amines is 1. The Labute approximate surface area is 151 Å². The molecule has 132 valence electrons. The number of hydrogen-bond donors (Lipinski definition) is 2. The summed E-state index contributed by atoms with van der Waals surface area (Å²) >= 11 is 0. The van der Waals surface area contributed by atoms with Crippen molar-refractivity contribution in [1.82, 2.24) is 20.4 Å². The molecule has 2 amide bonds. The van der Waals surface area contributed by atoms with Crippen molar-refractivity contribution in [2.24, 2.45) is 0 Å². The molecule has 2 N–H and O–H groups in total. The fourth-order valence-corrected chi connectivity index (χ4v) is 2.57. The molecular weight excluding hydrogens is 328 g/mol. The number of rotatable bonds is 5. The molecule has 1 heterocycles. The van der Waals surface area contributed by atoms with Crippen LogP contribution in [0.2, 0.25) is 0 Å². The van der Waals surface area contributed by atoms with Gasteiger partial charge >= 0.3 is 0 Å². The van der Waals surface area contributed by atoms with Crippen molar-refractivity contribution in [1.29, 1.82) is 0 Å². The lowest BCUT2D eigenvalue weighted by Crippen LogP contribution is -2.22. The van der Waals surface area contributed by atoms with Gasteiger partial charge in [0, 0.05) is 31.8 Å². The van der Waals surface area contributed by atoms with Crippen LogP contribution >= 0.6 is 0 Å². The summed E-state index contributed by atoms with van der Waals surface area (Å²) in [7, 11) is 3.41. The zero-order chi connectivity index (χ0) is 18.5. The van der Waals surface area contributed by atoms with Gasteiger partial charge < -0.3 is 10.2 Å². The van der Waals surface area contributed by atoms with Crippen LogP contribution in [0.1, 0.15) is 26.3 Å². The van der Waals surface area contributed by atoms with Crippen LogP contribution in [0.15, 0.2) is 60.8 Å². The van der Waals surface area contributed by atoms with Gasteiger partial charge in [-0.15, -0.1) is 0 Å². The van der Waals surface area contributed by atoms with Crippen molar-refractivity contribution < 1.29 is 9.59 Å². The maximum Gasteiger partial charge on any atom is 0.257 e. The van der Waals surface area contributed by atoms with E-state index in [9.17, 15) is 9.59 Å². The van der Waals surface area contributed by atoms with E-state index in [1.165, 1.54) is 11.1 Å². The van der Waals surface area contributed by atoms with Crippen LogP contribution in [-0.2, 0) is 6.54 Å². The van der Waals surface area contributed by atoms with Crippen molar-refractivity contribution in [2.45, 2.75) is 6.54 Å². The van der Waals surface area contributed by atoms with E-state index in [4.69, 9.17) is 0 Å². The number of nitrogens with zero attached hydrogens (tertiary/aromatic N) is 2. The quantitative estimate of drug-likeness (QED) is 0.744. The summed E-state index contributed by atoms with van der Waals surface area (Å²) in [5.74, 6) is -0.213. The van der Waals surface area contributed by atoms with Crippen molar-refractivity contribution in [3.63, 3.8) is 0 Å². The van der Waals surface area contributed by atoms with E-state index in [-0.39, 0.29) is 11.8 Å². The predicted octanol–water partition coefficient (Wildman–Crippen LogP) is 2.71. The second-order valence-electron chi connectivity index (χ2n) is 6.10. The Bertz CT molecular complexity index is 899. The second kappa shape index (κ2) is 7.65. The van der Waals surface area contributed by atoms with Gasteiger partial charge in [-0.1, -0.05) is 42.5 Å². The highest BCUT2D eigenvalue weighted by Gasteiger charge is 2.16. The first-order valence-electron chi connectivity index (χ1n) is 8.24. The van der Waals surface area contributed by atoms with Crippen molar-refractivity contribution in [2.75, 3.05) is 14.1 Å². The van der Waals surface area contributed by atoms with Gasteiger partial charge in [0.1, 0.15) is 0 Å². The molecule has 0 saturated heterocycles. The van der Waals surface area contributed by atoms with Crippen LogP contribution < -0.4 is 5.32 Å². The Morgan fingerprint density at radius 2 is 1.73 bits per heavy atom. The minimum absolute atomic E-state index is 0.104. The summed E-state index contributed by atoms with van der Waals surface area (Å²) in [4.78, 5) is 25.8. The van der Waals surface area contributed by atoms with Crippen LogP contribution in [0.5, 0.6) is 0 Å². The lowest BCUT2D eigenvalue weighted by Gasteiger charge is -2.10. The molecule has 0 atom stereocenters. The van der Waals surface area contributed by atoms with Gasteiger partial charge in [-0.2, -0.15) is 5.10 Å². The van der Waals surface area contributed by atoms with Crippen molar-refractivity contribution in [3.05, 3.63) is 77.5 Å². The molecule has 0 bridgehead atoms. The van der Waals surface area contributed by atoms with Gasteiger partial charge in [0.05, 0.1) is 17.5 Å². The first-order valence-corrected chi connectivity index (χ1v) is 8.24. The fraction of sp³-hybridized carbons (Fsp3) is 0.150. The van der Waals surface area contributed by atoms with Crippen molar-refractivity contribution >= 4 is 11.8 Å². The molecule has 0 aliphatic rings. The molecule has 0 radical (unpaired) electrons. The molecule has 26 heavy (non-hydrogen) atoms. The summed E-state index contributed by atoms with van der Waals surface area (Å²) < 4.78 is 0. The van der Waals surface area contributed by atoms with Crippen LogP contribution in [0.3, 0.4) is 0 Å². The number of aromatic nitrogens is 2. The van der Waals surface area contributed by atoms with Crippen LogP contribution in [0.4, 0.5) is 0 Å². The monoisotopic (exact) mass is 348 g/mol. The van der Waals surface area contributed by atoms with Gasteiger partial charge in [-0.05, 0) is 17.7 Å². The molecule has 1 aromatic heterocycles. The summed E-state index contributed by atoms with van der Waals surface area (Å²) in [6.07, 6.45) is 1.53. The largest absolute Gasteiger partial charge is 0.348 e. The lowest BCUT2D eigenvalue weighted by molar-refractivity contribution is 0.0828. The molecule has 6 nitrogen and oxygen atoms in total. The van der Waals surface area contributed by atoms with Crippen LogP contribution in [-0.4, -0.2) is 41.0 Å². The molecule has 0 spiro atoms. The van der Waals surface area contributed by atoms with E-state index in [2.05, 4.69) is 15.5 Å². The normalized spacial score (nSPS) is 10.4. The molecule has 3 aromatic rings. The number of benzene rings is 2. The third-order valence-electron chi connectivity index (χ3n) is 4.01. The van der Waals surface area contributed by atoms with Crippen molar-refractivity contribution in [3.8, 4) is 11.3 Å². The number of carbonyl (C=O) groups excluding carboxylic acids is 2. The smallest absolute Gasteiger partial charge is 0.257 e.